The first-order chi connectivity index (χ1) is 8.16. The van der Waals surface area contributed by atoms with E-state index in [2.05, 4.69) is 15.3 Å². The largest absolute Gasteiger partial charge is 0.354 e. The summed E-state index contributed by atoms with van der Waals surface area (Å²) >= 11 is 0. The Hall–Kier alpha value is -2.18. The zero-order valence-electron chi connectivity index (χ0n) is 9.10. The Morgan fingerprint density at radius 1 is 1.35 bits per heavy atom. The number of H-pyrrole nitrogens is 1. The van der Waals surface area contributed by atoms with Gasteiger partial charge in [0.2, 0.25) is 5.91 Å². The molecule has 7 nitrogen and oxygen atoms in total. The summed E-state index contributed by atoms with van der Waals surface area (Å²) in [5, 5.41) is 2.68. The van der Waals surface area contributed by atoms with E-state index in [9.17, 15) is 14.4 Å². The van der Waals surface area contributed by atoms with Crippen molar-refractivity contribution in [3.05, 3.63) is 28.4 Å². The highest BCUT2D eigenvalue weighted by molar-refractivity contribution is 5.92. The lowest BCUT2D eigenvalue weighted by Crippen LogP contribution is -2.35. The molecule has 1 aliphatic heterocycles. The molecule has 2 N–H and O–H groups in total. The Morgan fingerprint density at radius 2 is 2.18 bits per heavy atom. The molecule has 0 radical (unpaired) electrons. The van der Waals surface area contributed by atoms with Crippen LogP contribution in [0.5, 0.6) is 0 Å². The maximum absolute atomic E-state index is 12.0. The van der Waals surface area contributed by atoms with Gasteiger partial charge in [-0.3, -0.25) is 14.4 Å². The summed E-state index contributed by atoms with van der Waals surface area (Å²) < 4.78 is 0. The molecule has 2 heterocycles. The second-order valence-corrected chi connectivity index (χ2v) is 3.69. The SMILES string of the molecule is O=C1CCN(C(=O)c2c[nH]c(=O)cn2)CCN1. The normalized spacial score (nSPS) is 16.2. The highest BCUT2D eigenvalue weighted by atomic mass is 16.2. The standard InChI is InChI=1S/C10H12N4O3/c15-8-1-3-14(4-2-11-8)10(17)7-5-13-9(16)6-12-7/h5-6H,1-4H2,(H,11,15)(H,13,16). The van der Waals surface area contributed by atoms with Gasteiger partial charge in [-0.2, -0.15) is 0 Å². The molecule has 0 spiro atoms. The van der Waals surface area contributed by atoms with Crippen molar-refractivity contribution in [1.29, 1.82) is 0 Å². The van der Waals surface area contributed by atoms with Gasteiger partial charge in [0.1, 0.15) is 5.69 Å². The smallest absolute Gasteiger partial charge is 0.274 e. The minimum Gasteiger partial charge on any atom is -0.354 e. The molecule has 0 saturated carbocycles. The molecule has 1 saturated heterocycles. The van der Waals surface area contributed by atoms with E-state index >= 15 is 0 Å². The number of aromatic amines is 1. The summed E-state index contributed by atoms with van der Waals surface area (Å²) in [5.41, 5.74) is -0.173. The van der Waals surface area contributed by atoms with Crippen LogP contribution in [-0.4, -0.2) is 46.3 Å². The van der Waals surface area contributed by atoms with Crippen molar-refractivity contribution in [2.75, 3.05) is 19.6 Å². The number of hydrogen-bond donors (Lipinski definition) is 2. The van der Waals surface area contributed by atoms with Gasteiger partial charge in [0.05, 0.1) is 6.20 Å². The third-order valence-electron chi connectivity index (χ3n) is 2.49. The number of nitrogens with zero attached hydrogens (tertiary/aromatic N) is 2. The summed E-state index contributed by atoms with van der Waals surface area (Å²) in [7, 11) is 0. The summed E-state index contributed by atoms with van der Waals surface area (Å²) in [6, 6.07) is 0. The molecule has 0 bridgehead atoms. The third kappa shape index (κ3) is 2.68. The van der Waals surface area contributed by atoms with Gasteiger partial charge in [0.25, 0.3) is 11.5 Å². The summed E-state index contributed by atoms with van der Waals surface area (Å²) in [5.74, 6) is -0.340. The van der Waals surface area contributed by atoms with Crippen LogP contribution >= 0.6 is 0 Å². The average Bonchev–Trinajstić information content (AvgIpc) is 2.54. The Morgan fingerprint density at radius 3 is 2.88 bits per heavy atom. The number of carbonyl (C=O) groups is 2. The number of rotatable bonds is 1. The van der Waals surface area contributed by atoms with Crippen LogP contribution in [0.15, 0.2) is 17.2 Å². The summed E-state index contributed by atoms with van der Waals surface area (Å²) in [6.45, 7) is 1.25. The second kappa shape index (κ2) is 4.77. The maximum atomic E-state index is 12.0. The van der Waals surface area contributed by atoms with Gasteiger partial charge in [-0.15, -0.1) is 0 Å². The Kier molecular flexibility index (Phi) is 3.17. The Bertz CT molecular complexity index is 476. The molecular formula is C10H12N4O3. The fourth-order valence-corrected chi connectivity index (χ4v) is 1.59. The van der Waals surface area contributed by atoms with Crippen molar-refractivity contribution in [3.8, 4) is 0 Å². The quantitative estimate of drug-likeness (QED) is 0.635. The van der Waals surface area contributed by atoms with Gasteiger partial charge < -0.3 is 15.2 Å². The molecule has 1 aromatic rings. The fraction of sp³-hybridized carbons (Fsp3) is 0.400. The molecule has 0 aliphatic carbocycles. The molecule has 2 amide bonds. The van der Waals surface area contributed by atoms with Gasteiger partial charge in [0.15, 0.2) is 0 Å². The van der Waals surface area contributed by atoms with Crippen LogP contribution < -0.4 is 10.9 Å². The number of carbonyl (C=O) groups excluding carboxylic acids is 2. The van der Waals surface area contributed by atoms with Crippen LogP contribution in [0, 0.1) is 0 Å². The third-order valence-corrected chi connectivity index (χ3v) is 2.49. The van der Waals surface area contributed by atoms with E-state index in [1.807, 2.05) is 0 Å². The van der Waals surface area contributed by atoms with Crippen LogP contribution in [-0.2, 0) is 4.79 Å². The van der Waals surface area contributed by atoms with Crippen LogP contribution in [0.1, 0.15) is 16.9 Å². The van der Waals surface area contributed by atoms with E-state index in [1.54, 1.807) is 4.90 Å². The van der Waals surface area contributed by atoms with Crippen LogP contribution in [0.25, 0.3) is 0 Å². The zero-order chi connectivity index (χ0) is 12.3. The topological polar surface area (TPSA) is 95.2 Å². The van der Waals surface area contributed by atoms with Crippen molar-refractivity contribution in [2.45, 2.75) is 6.42 Å². The lowest BCUT2D eigenvalue weighted by Gasteiger charge is -2.18. The first-order valence-electron chi connectivity index (χ1n) is 5.27. The van der Waals surface area contributed by atoms with Crippen LogP contribution in [0.3, 0.4) is 0 Å². The molecule has 1 aliphatic rings. The van der Waals surface area contributed by atoms with Gasteiger partial charge in [-0.25, -0.2) is 4.98 Å². The predicted molar refractivity (Wildman–Crippen MR) is 58.4 cm³/mol. The number of aromatic nitrogens is 2. The maximum Gasteiger partial charge on any atom is 0.274 e. The van der Waals surface area contributed by atoms with Gasteiger partial charge in [-0.1, -0.05) is 0 Å². The zero-order valence-corrected chi connectivity index (χ0v) is 9.10. The summed E-state index contributed by atoms with van der Waals surface area (Å²) in [6.07, 6.45) is 2.63. The highest BCUT2D eigenvalue weighted by Gasteiger charge is 2.20. The van der Waals surface area contributed by atoms with Gasteiger partial charge >= 0.3 is 0 Å². The molecule has 1 fully saturated rings. The molecule has 1 aromatic heterocycles. The molecule has 17 heavy (non-hydrogen) atoms. The summed E-state index contributed by atoms with van der Waals surface area (Å²) in [4.78, 5) is 41.6. The first kappa shape index (κ1) is 11.3. The van der Waals surface area contributed by atoms with Crippen molar-refractivity contribution < 1.29 is 9.59 Å². The van der Waals surface area contributed by atoms with E-state index in [0.29, 0.717) is 19.6 Å². The van der Waals surface area contributed by atoms with E-state index in [4.69, 9.17) is 0 Å². The van der Waals surface area contributed by atoms with Crippen LogP contribution in [0.2, 0.25) is 0 Å². The average molecular weight is 236 g/mol. The molecular weight excluding hydrogens is 224 g/mol. The number of nitrogens with one attached hydrogen (secondary N) is 2. The highest BCUT2D eigenvalue weighted by Crippen LogP contribution is 2.02. The van der Waals surface area contributed by atoms with Crippen LogP contribution in [0.4, 0.5) is 0 Å². The monoisotopic (exact) mass is 236 g/mol. The van der Waals surface area contributed by atoms with Gasteiger partial charge in [-0.05, 0) is 0 Å². The van der Waals surface area contributed by atoms with E-state index < -0.39 is 0 Å². The van der Waals surface area contributed by atoms with Crippen molar-refractivity contribution in [2.24, 2.45) is 0 Å². The van der Waals surface area contributed by atoms with Crippen molar-refractivity contribution in [1.82, 2.24) is 20.2 Å². The molecule has 90 valence electrons. The molecule has 0 aromatic carbocycles. The van der Waals surface area contributed by atoms with E-state index in [-0.39, 0.29) is 29.5 Å². The van der Waals surface area contributed by atoms with Crippen molar-refractivity contribution >= 4 is 11.8 Å². The minimum atomic E-state index is -0.353. The number of amides is 2. The molecule has 2 rings (SSSR count). The molecule has 7 heteroatoms. The van der Waals surface area contributed by atoms with Crippen molar-refractivity contribution in [3.63, 3.8) is 0 Å². The fourth-order valence-electron chi connectivity index (χ4n) is 1.59. The lowest BCUT2D eigenvalue weighted by atomic mass is 10.3. The predicted octanol–water partition coefficient (Wildman–Crippen LogP) is -1.27. The number of hydrogen-bond acceptors (Lipinski definition) is 4. The first-order valence-corrected chi connectivity index (χ1v) is 5.27. The molecule has 0 atom stereocenters. The van der Waals surface area contributed by atoms with E-state index in [1.165, 1.54) is 6.20 Å². The van der Waals surface area contributed by atoms with Gasteiger partial charge in [0, 0.05) is 32.3 Å². The minimum absolute atomic E-state index is 0.0604. The van der Waals surface area contributed by atoms with E-state index in [0.717, 1.165) is 6.20 Å². The lowest BCUT2D eigenvalue weighted by molar-refractivity contribution is -0.120. The molecule has 0 unspecified atom stereocenters. The second-order valence-electron chi connectivity index (χ2n) is 3.69. The Balaban J connectivity index is 2.11. The Labute approximate surface area is 96.8 Å².